The van der Waals surface area contributed by atoms with Gasteiger partial charge in [-0.2, -0.15) is 0 Å². The lowest BCUT2D eigenvalue weighted by Crippen LogP contribution is -2.14. The average Bonchev–Trinajstić information content (AvgIpc) is 1.88. The molecule has 1 aliphatic rings. The van der Waals surface area contributed by atoms with Gasteiger partial charge in [-0.05, 0) is 23.6 Å². The Morgan fingerprint density at radius 2 is 2.50 bits per heavy atom. The lowest BCUT2D eigenvalue weighted by atomic mass is 10.3. The second-order valence-corrected chi connectivity index (χ2v) is 4.75. The highest BCUT2D eigenvalue weighted by atomic mass is 33.1. The van der Waals surface area contributed by atoms with Crippen LogP contribution in [0.2, 0.25) is 0 Å². The van der Waals surface area contributed by atoms with E-state index < -0.39 is 0 Å². The third-order valence-corrected chi connectivity index (χ3v) is 3.83. The molecule has 1 heterocycles. The molecule has 1 atom stereocenters. The minimum atomic E-state index is -0.167. The van der Waals surface area contributed by atoms with Crippen LogP contribution in [0.3, 0.4) is 0 Å². The molecule has 1 fully saturated rings. The van der Waals surface area contributed by atoms with Crippen molar-refractivity contribution < 1.29 is 9.53 Å². The molecule has 1 rings (SSSR count). The van der Waals surface area contributed by atoms with Gasteiger partial charge in [0.15, 0.2) is 5.44 Å². The number of carbonyl (C=O) groups is 1. The van der Waals surface area contributed by atoms with Crippen LogP contribution < -0.4 is 0 Å². The molecule has 1 saturated heterocycles. The highest BCUT2D eigenvalue weighted by Crippen LogP contribution is 2.36. The molecule has 0 amide bonds. The zero-order chi connectivity index (χ0) is 7.40. The summed E-state index contributed by atoms with van der Waals surface area (Å²) in [6.07, 6.45) is 2.17. The predicted molar refractivity (Wildman–Crippen MR) is 44.8 cm³/mol. The molecule has 2 nitrogen and oxygen atoms in total. The van der Waals surface area contributed by atoms with Crippen molar-refractivity contribution in [2.24, 2.45) is 0 Å². The van der Waals surface area contributed by atoms with Crippen LogP contribution in [0.15, 0.2) is 0 Å². The van der Waals surface area contributed by atoms with Crippen LogP contribution >= 0.6 is 21.6 Å². The van der Waals surface area contributed by atoms with Gasteiger partial charge in [-0.15, -0.1) is 0 Å². The molecule has 58 valence electrons. The van der Waals surface area contributed by atoms with Crippen LogP contribution in [0.5, 0.6) is 0 Å². The number of hydrogen-bond donors (Lipinski definition) is 0. The normalized spacial score (nSPS) is 25.9. The van der Waals surface area contributed by atoms with E-state index in [0.717, 1.165) is 12.8 Å². The zero-order valence-corrected chi connectivity index (χ0v) is 7.46. The summed E-state index contributed by atoms with van der Waals surface area (Å²) in [6, 6.07) is 0. The van der Waals surface area contributed by atoms with Crippen LogP contribution in [-0.4, -0.2) is 17.2 Å². The monoisotopic (exact) mass is 178 g/mol. The number of carbonyl (C=O) groups excluding carboxylic acids is 1. The van der Waals surface area contributed by atoms with Gasteiger partial charge in [0.05, 0.1) is 0 Å². The second kappa shape index (κ2) is 4.13. The molecule has 0 aromatic heterocycles. The van der Waals surface area contributed by atoms with Gasteiger partial charge in [-0.1, -0.05) is 10.8 Å². The third-order valence-electron chi connectivity index (χ3n) is 1.14. The summed E-state index contributed by atoms with van der Waals surface area (Å²) >= 11 is 0. The Morgan fingerprint density at radius 3 is 3.00 bits per heavy atom. The molecule has 0 saturated carbocycles. The van der Waals surface area contributed by atoms with E-state index in [2.05, 4.69) is 0 Å². The largest absolute Gasteiger partial charge is 0.451 e. The number of ether oxygens (including phenoxy) is 1. The van der Waals surface area contributed by atoms with E-state index in [9.17, 15) is 4.79 Å². The highest BCUT2D eigenvalue weighted by Gasteiger charge is 2.16. The fourth-order valence-electron chi connectivity index (χ4n) is 0.745. The summed E-state index contributed by atoms with van der Waals surface area (Å²) in [5.41, 5.74) is 0.108. The first kappa shape index (κ1) is 8.27. The van der Waals surface area contributed by atoms with E-state index >= 15 is 0 Å². The topological polar surface area (TPSA) is 26.3 Å². The summed E-state index contributed by atoms with van der Waals surface area (Å²) in [7, 11) is 3.45. The first-order valence-corrected chi connectivity index (χ1v) is 5.63. The van der Waals surface area contributed by atoms with E-state index in [1.54, 1.807) is 21.6 Å². The molecule has 0 spiro atoms. The smallest absolute Gasteiger partial charge is 0.303 e. The molecule has 0 bridgehead atoms. The van der Waals surface area contributed by atoms with Crippen LogP contribution in [0.1, 0.15) is 19.8 Å². The minimum absolute atomic E-state index is 0.108. The van der Waals surface area contributed by atoms with Crippen molar-refractivity contribution >= 4 is 27.6 Å². The maximum atomic E-state index is 10.5. The Balaban J connectivity index is 2.19. The van der Waals surface area contributed by atoms with Crippen molar-refractivity contribution in [1.29, 1.82) is 0 Å². The molecule has 4 heteroatoms. The predicted octanol–water partition coefficient (Wildman–Crippen LogP) is 2.05. The van der Waals surface area contributed by atoms with Crippen LogP contribution in [0, 0.1) is 0 Å². The second-order valence-electron chi connectivity index (χ2n) is 2.10. The van der Waals surface area contributed by atoms with E-state index in [1.165, 1.54) is 12.7 Å². The zero-order valence-electron chi connectivity index (χ0n) is 5.83. The maximum absolute atomic E-state index is 10.5. The van der Waals surface area contributed by atoms with Crippen LogP contribution in [0.4, 0.5) is 0 Å². The van der Waals surface area contributed by atoms with Crippen molar-refractivity contribution in [2.75, 3.05) is 5.75 Å². The molecule has 0 radical (unpaired) electrons. The van der Waals surface area contributed by atoms with Gasteiger partial charge in [0.1, 0.15) is 0 Å². The van der Waals surface area contributed by atoms with E-state index in [4.69, 9.17) is 4.74 Å². The Bertz CT molecular complexity index is 121. The first-order chi connectivity index (χ1) is 4.79. The van der Waals surface area contributed by atoms with Crippen molar-refractivity contribution in [1.82, 2.24) is 0 Å². The summed E-state index contributed by atoms with van der Waals surface area (Å²) < 4.78 is 4.99. The van der Waals surface area contributed by atoms with Gasteiger partial charge in [-0.25, -0.2) is 0 Å². The number of esters is 1. The molecule has 1 aliphatic heterocycles. The van der Waals surface area contributed by atoms with Gasteiger partial charge in [0.25, 0.3) is 0 Å². The molecule has 10 heavy (non-hydrogen) atoms. The van der Waals surface area contributed by atoms with Crippen molar-refractivity contribution in [3.8, 4) is 0 Å². The number of hydrogen-bond acceptors (Lipinski definition) is 4. The summed E-state index contributed by atoms with van der Waals surface area (Å²) in [5.74, 6) is 1.02. The quantitative estimate of drug-likeness (QED) is 0.453. The van der Waals surface area contributed by atoms with Crippen LogP contribution in [0.25, 0.3) is 0 Å². The molecule has 0 N–H and O–H groups in total. The third kappa shape index (κ3) is 2.84. The van der Waals surface area contributed by atoms with Crippen LogP contribution in [-0.2, 0) is 9.53 Å². The van der Waals surface area contributed by atoms with Crippen molar-refractivity contribution in [2.45, 2.75) is 25.2 Å². The molecular formula is C6H10O2S2. The van der Waals surface area contributed by atoms with Gasteiger partial charge in [0, 0.05) is 12.7 Å². The fraction of sp³-hybridized carbons (Fsp3) is 0.833. The molecule has 0 aromatic carbocycles. The fourth-order valence-corrected chi connectivity index (χ4v) is 3.22. The van der Waals surface area contributed by atoms with Crippen molar-refractivity contribution in [3.05, 3.63) is 0 Å². The molecular weight excluding hydrogens is 168 g/mol. The van der Waals surface area contributed by atoms with Crippen molar-refractivity contribution in [3.63, 3.8) is 0 Å². The molecule has 1 unspecified atom stereocenters. The minimum Gasteiger partial charge on any atom is -0.451 e. The SMILES string of the molecule is CC(=O)OC1CCCSS1. The van der Waals surface area contributed by atoms with E-state index in [-0.39, 0.29) is 11.4 Å². The lowest BCUT2D eigenvalue weighted by Gasteiger charge is -2.19. The number of rotatable bonds is 1. The summed E-state index contributed by atoms with van der Waals surface area (Å²) in [6.45, 7) is 1.46. The highest BCUT2D eigenvalue weighted by molar-refractivity contribution is 8.77. The van der Waals surface area contributed by atoms with Gasteiger partial charge in [-0.3, -0.25) is 4.79 Å². The average molecular weight is 178 g/mol. The Kier molecular flexibility index (Phi) is 3.42. The lowest BCUT2D eigenvalue weighted by molar-refractivity contribution is -0.142. The molecule has 0 aliphatic carbocycles. The Labute approximate surface area is 68.5 Å². The first-order valence-electron chi connectivity index (χ1n) is 3.24. The van der Waals surface area contributed by atoms with Gasteiger partial charge in [0.2, 0.25) is 0 Å². The van der Waals surface area contributed by atoms with E-state index in [1.807, 2.05) is 0 Å². The van der Waals surface area contributed by atoms with Gasteiger partial charge >= 0.3 is 5.97 Å². The summed E-state index contributed by atoms with van der Waals surface area (Å²) in [4.78, 5) is 10.5. The Morgan fingerprint density at radius 1 is 1.70 bits per heavy atom. The Hall–Kier alpha value is 0.170. The van der Waals surface area contributed by atoms with Gasteiger partial charge < -0.3 is 4.74 Å². The summed E-state index contributed by atoms with van der Waals surface area (Å²) in [5, 5.41) is 0. The standard InChI is InChI=1S/C6H10O2S2/c1-5(7)8-6-3-2-4-9-10-6/h6H,2-4H2,1H3. The maximum Gasteiger partial charge on any atom is 0.303 e. The van der Waals surface area contributed by atoms with E-state index in [0.29, 0.717) is 0 Å². The molecule has 0 aromatic rings.